The predicted molar refractivity (Wildman–Crippen MR) is 102 cm³/mol. The molecule has 128 valence electrons. The van der Waals surface area contributed by atoms with Crippen LogP contribution in [-0.4, -0.2) is 27.7 Å². The number of carbonyl (C=O) groups is 3. The van der Waals surface area contributed by atoms with Crippen molar-refractivity contribution in [3.05, 3.63) is 63.6 Å². The molecule has 0 spiro atoms. The lowest BCUT2D eigenvalue weighted by Gasteiger charge is -2.13. The van der Waals surface area contributed by atoms with E-state index in [0.717, 1.165) is 27.4 Å². The molecule has 5 nitrogen and oxygen atoms in total. The third-order valence-corrected chi connectivity index (χ3v) is 5.51. The number of rotatable bonds is 4. The molecule has 0 saturated carbocycles. The van der Waals surface area contributed by atoms with Crippen LogP contribution in [0, 0.1) is 6.92 Å². The lowest BCUT2D eigenvalue weighted by atomic mass is 10.1. The summed E-state index contributed by atoms with van der Waals surface area (Å²) < 4.78 is 0.919. The number of anilines is 1. The van der Waals surface area contributed by atoms with Crippen molar-refractivity contribution < 1.29 is 14.4 Å². The second-order valence-corrected chi connectivity index (χ2v) is 7.43. The van der Waals surface area contributed by atoms with Gasteiger partial charge >= 0.3 is 0 Å². The molecule has 0 bridgehead atoms. The van der Waals surface area contributed by atoms with Crippen molar-refractivity contribution in [1.82, 2.24) is 4.90 Å². The third kappa shape index (κ3) is 4.11. The molecule has 0 radical (unpaired) electrons. The minimum absolute atomic E-state index is 0.182. The van der Waals surface area contributed by atoms with Gasteiger partial charge in [0.25, 0.3) is 11.1 Å². The van der Waals surface area contributed by atoms with E-state index in [9.17, 15) is 14.4 Å². The zero-order valence-corrected chi connectivity index (χ0v) is 15.8. The lowest BCUT2D eigenvalue weighted by molar-refractivity contribution is -0.125. The third-order valence-electron chi connectivity index (χ3n) is 3.80. The number of aryl methyl sites for hydroxylation is 1. The summed E-state index contributed by atoms with van der Waals surface area (Å²) in [6.45, 7) is 2.15. The molecular weight excluding hydrogens is 404 g/mol. The number of imide groups is 1. The standard InChI is InChI=1S/C18H15BrN2O3S/c1-11-5-6-14(8-15(11)19)20-17(23)13-4-2-3-12(7-13)9-21-16(22)10-25-18(21)24/h2-8H,9-10H2,1H3,(H,20,23). The molecule has 0 unspecified atom stereocenters. The number of benzene rings is 2. The molecule has 1 heterocycles. The molecule has 1 N–H and O–H groups in total. The first-order valence-corrected chi connectivity index (χ1v) is 9.35. The molecule has 0 aliphatic carbocycles. The van der Waals surface area contributed by atoms with Crippen LogP contribution in [0.3, 0.4) is 0 Å². The van der Waals surface area contributed by atoms with Crippen molar-refractivity contribution in [2.24, 2.45) is 0 Å². The van der Waals surface area contributed by atoms with Crippen LogP contribution in [0.5, 0.6) is 0 Å². The summed E-state index contributed by atoms with van der Waals surface area (Å²) in [5, 5.41) is 2.60. The topological polar surface area (TPSA) is 66.5 Å². The molecule has 1 aliphatic heterocycles. The van der Waals surface area contributed by atoms with Gasteiger partial charge in [0, 0.05) is 15.7 Å². The van der Waals surface area contributed by atoms with Crippen molar-refractivity contribution in [2.75, 3.05) is 11.1 Å². The van der Waals surface area contributed by atoms with E-state index >= 15 is 0 Å². The smallest absolute Gasteiger partial charge is 0.289 e. The molecule has 0 aromatic heterocycles. The highest BCUT2D eigenvalue weighted by Crippen LogP contribution is 2.23. The second kappa shape index (κ2) is 7.41. The number of nitrogens with zero attached hydrogens (tertiary/aromatic N) is 1. The van der Waals surface area contributed by atoms with Crippen LogP contribution in [0.1, 0.15) is 21.5 Å². The summed E-state index contributed by atoms with van der Waals surface area (Å²) in [6, 6.07) is 12.5. The van der Waals surface area contributed by atoms with Gasteiger partial charge in [0.15, 0.2) is 0 Å². The number of hydrogen-bond donors (Lipinski definition) is 1. The first-order chi connectivity index (χ1) is 11.9. The molecule has 3 amide bonds. The number of thioether (sulfide) groups is 1. The molecule has 2 aromatic rings. The van der Waals surface area contributed by atoms with E-state index in [1.165, 1.54) is 4.90 Å². The Balaban J connectivity index is 1.74. The Hall–Kier alpha value is -2.12. The van der Waals surface area contributed by atoms with Gasteiger partial charge in [-0.1, -0.05) is 45.9 Å². The number of hydrogen-bond acceptors (Lipinski definition) is 4. The van der Waals surface area contributed by atoms with Gasteiger partial charge in [0.05, 0.1) is 12.3 Å². The van der Waals surface area contributed by atoms with Gasteiger partial charge in [0.1, 0.15) is 0 Å². The van der Waals surface area contributed by atoms with Crippen molar-refractivity contribution in [3.8, 4) is 0 Å². The zero-order chi connectivity index (χ0) is 18.0. The minimum Gasteiger partial charge on any atom is -0.322 e. The van der Waals surface area contributed by atoms with Crippen molar-refractivity contribution in [1.29, 1.82) is 0 Å². The summed E-state index contributed by atoms with van der Waals surface area (Å²) in [5.74, 6) is -0.262. The maximum Gasteiger partial charge on any atom is 0.289 e. The first-order valence-electron chi connectivity index (χ1n) is 7.57. The maximum absolute atomic E-state index is 12.5. The molecule has 0 atom stereocenters. The summed E-state index contributed by atoms with van der Waals surface area (Å²) >= 11 is 4.44. The maximum atomic E-state index is 12.5. The van der Waals surface area contributed by atoms with Crippen LogP contribution in [0.25, 0.3) is 0 Å². The SMILES string of the molecule is Cc1ccc(NC(=O)c2cccc(CN3C(=O)CSC3=O)c2)cc1Br. The van der Waals surface area contributed by atoms with E-state index in [4.69, 9.17) is 0 Å². The quantitative estimate of drug-likeness (QED) is 0.807. The van der Waals surface area contributed by atoms with Gasteiger partial charge in [-0.25, -0.2) is 0 Å². The molecular formula is C18H15BrN2O3S. The van der Waals surface area contributed by atoms with Crippen molar-refractivity contribution in [2.45, 2.75) is 13.5 Å². The second-order valence-electron chi connectivity index (χ2n) is 5.65. The highest BCUT2D eigenvalue weighted by molar-refractivity contribution is 9.10. The number of nitrogens with one attached hydrogen (secondary N) is 1. The van der Waals surface area contributed by atoms with E-state index in [1.54, 1.807) is 24.3 Å². The number of amides is 3. The summed E-state index contributed by atoms with van der Waals surface area (Å²) in [7, 11) is 0. The fraction of sp³-hybridized carbons (Fsp3) is 0.167. The van der Waals surface area contributed by atoms with E-state index in [-0.39, 0.29) is 29.4 Å². The monoisotopic (exact) mass is 418 g/mol. The van der Waals surface area contributed by atoms with Crippen LogP contribution in [-0.2, 0) is 11.3 Å². The van der Waals surface area contributed by atoms with Crippen LogP contribution < -0.4 is 5.32 Å². The van der Waals surface area contributed by atoms with E-state index < -0.39 is 0 Å². The van der Waals surface area contributed by atoms with Crippen LogP contribution in [0.4, 0.5) is 10.5 Å². The summed E-state index contributed by atoms with van der Waals surface area (Å²) in [5.41, 5.74) is 2.98. The Bertz CT molecular complexity index is 853. The van der Waals surface area contributed by atoms with Gasteiger partial charge < -0.3 is 5.32 Å². The fourth-order valence-electron chi connectivity index (χ4n) is 2.40. The molecule has 7 heteroatoms. The van der Waals surface area contributed by atoms with Gasteiger partial charge in [-0.2, -0.15) is 0 Å². The van der Waals surface area contributed by atoms with Gasteiger partial charge in [-0.15, -0.1) is 0 Å². The summed E-state index contributed by atoms with van der Waals surface area (Å²) in [6.07, 6.45) is 0. The predicted octanol–water partition coefficient (Wildman–Crippen LogP) is 4.21. The van der Waals surface area contributed by atoms with Gasteiger partial charge in [0.2, 0.25) is 5.91 Å². The highest BCUT2D eigenvalue weighted by Gasteiger charge is 2.29. The lowest BCUT2D eigenvalue weighted by Crippen LogP contribution is -2.28. The van der Waals surface area contributed by atoms with Gasteiger partial charge in [-0.3, -0.25) is 19.3 Å². The summed E-state index contributed by atoms with van der Waals surface area (Å²) in [4.78, 5) is 37.1. The molecule has 3 rings (SSSR count). The van der Waals surface area contributed by atoms with E-state index in [0.29, 0.717) is 11.3 Å². The van der Waals surface area contributed by atoms with Crippen LogP contribution >= 0.6 is 27.7 Å². The Labute approximate surface area is 157 Å². The Morgan fingerprint density at radius 2 is 2.04 bits per heavy atom. The number of halogens is 1. The Morgan fingerprint density at radius 1 is 1.24 bits per heavy atom. The molecule has 1 fully saturated rings. The van der Waals surface area contributed by atoms with Crippen LogP contribution in [0.2, 0.25) is 0 Å². The number of carbonyl (C=O) groups excluding carboxylic acids is 3. The largest absolute Gasteiger partial charge is 0.322 e. The van der Waals surface area contributed by atoms with E-state index in [2.05, 4.69) is 21.2 Å². The van der Waals surface area contributed by atoms with Gasteiger partial charge in [-0.05, 0) is 42.3 Å². The molecule has 1 aliphatic rings. The molecule has 25 heavy (non-hydrogen) atoms. The molecule has 1 saturated heterocycles. The Morgan fingerprint density at radius 3 is 2.72 bits per heavy atom. The molecule has 2 aromatic carbocycles. The average Bonchev–Trinajstić information content (AvgIpc) is 2.90. The van der Waals surface area contributed by atoms with Crippen molar-refractivity contribution in [3.63, 3.8) is 0 Å². The fourth-order valence-corrected chi connectivity index (χ4v) is 3.51. The van der Waals surface area contributed by atoms with Crippen LogP contribution in [0.15, 0.2) is 46.9 Å². The Kier molecular flexibility index (Phi) is 5.24. The normalized spacial score (nSPS) is 14.1. The highest BCUT2D eigenvalue weighted by atomic mass is 79.9. The van der Waals surface area contributed by atoms with Crippen molar-refractivity contribution >= 4 is 50.4 Å². The minimum atomic E-state index is -0.246. The average molecular weight is 419 g/mol. The van der Waals surface area contributed by atoms with E-state index in [1.807, 2.05) is 25.1 Å². The first kappa shape index (κ1) is 17.7. The zero-order valence-electron chi connectivity index (χ0n) is 13.4.